The maximum absolute atomic E-state index is 12.0. The zero-order valence-corrected chi connectivity index (χ0v) is 11.8. The molecule has 0 bridgehead atoms. The molecule has 1 amide bonds. The molecule has 0 heterocycles. The van der Waals surface area contributed by atoms with E-state index in [-0.39, 0.29) is 11.3 Å². The SMILES string of the molecule is O=C([O-])/C(=C\c1ccccc1)NC(=O)c1ccc([N+](=O)[O-])cc1. The number of nitro groups is 1. The number of nitrogens with one attached hydrogen (secondary N) is 1. The quantitative estimate of drug-likeness (QED) is 0.505. The fourth-order valence-electron chi connectivity index (χ4n) is 1.79. The number of amides is 1. The third-order valence-electron chi connectivity index (χ3n) is 2.92. The molecule has 0 unspecified atom stereocenters. The van der Waals surface area contributed by atoms with Gasteiger partial charge in [0.1, 0.15) is 0 Å². The van der Waals surface area contributed by atoms with E-state index >= 15 is 0 Å². The first-order valence-corrected chi connectivity index (χ1v) is 6.51. The summed E-state index contributed by atoms with van der Waals surface area (Å²) in [6.45, 7) is 0. The fraction of sp³-hybridized carbons (Fsp3) is 0. The molecule has 2 aromatic rings. The van der Waals surface area contributed by atoms with Gasteiger partial charge in [0.05, 0.1) is 16.6 Å². The average Bonchev–Trinajstić information content (AvgIpc) is 2.55. The number of benzene rings is 2. The second kappa shape index (κ2) is 6.99. The lowest BCUT2D eigenvalue weighted by Gasteiger charge is -2.11. The molecule has 0 saturated heterocycles. The van der Waals surface area contributed by atoms with E-state index in [1.54, 1.807) is 30.3 Å². The number of carbonyl (C=O) groups excluding carboxylic acids is 2. The zero-order chi connectivity index (χ0) is 16.8. The summed E-state index contributed by atoms with van der Waals surface area (Å²) in [4.78, 5) is 33.1. The molecule has 0 aromatic heterocycles. The lowest BCUT2D eigenvalue weighted by molar-refractivity contribution is -0.384. The summed E-state index contributed by atoms with van der Waals surface area (Å²) in [6.07, 6.45) is 1.26. The Labute approximate surface area is 131 Å². The van der Waals surface area contributed by atoms with E-state index in [0.717, 1.165) is 12.1 Å². The van der Waals surface area contributed by atoms with Crippen molar-refractivity contribution >= 4 is 23.6 Å². The first-order valence-electron chi connectivity index (χ1n) is 6.51. The van der Waals surface area contributed by atoms with Crippen molar-refractivity contribution in [1.29, 1.82) is 0 Å². The Bertz CT molecular complexity index is 767. The van der Waals surface area contributed by atoms with Crippen LogP contribution < -0.4 is 10.4 Å². The standard InChI is InChI=1S/C16H12N2O5/c19-15(12-6-8-13(9-7-12)18(22)23)17-14(16(20)21)10-11-4-2-1-3-5-11/h1-10H,(H,17,19)(H,20,21)/p-1/b14-10+. The molecule has 0 aliphatic rings. The van der Waals surface area contributed by atoms with E-state index in [9.17, 15) is 24.8 Å². The van der Waals surface area contributed by atoms with Gasteiger partial charge in [-0.1, -0.05) is 30.3 Å². The highest BCUT2D eigenvalue weighted by Gasteiger charge is 2.11. The van der Waals surface area contributed by atoms with E-state index in [1.165, 1.54) is 18.2 Å². The summed E-state index contributed by atoms with van der Waals surface area (Å²) in [6, 6.07) is 13.3. The van der Waals surface area contributed by atoms with Gasteiger partial charge in [0.15, 0.2) is 0 Å². The van der Waals surface area contributed by atoms with E-state index in [0.29, 0.717) is 5.56 Å². The summed E-state index contributed by atoms with van der Waals surface area (Å²) in [5, 5.41) is 23.9. The predicted octanol–water partition coefficient (Wildman–Crippen LogP) is 1.12. The summed E-state index contributed by atoms with van der Waals surface area (Å²) in [5.74, 6) is -2.24. The van der Waals surface area contributed by atoms with Crippen molar-refractivity contribution in [3.63, 3.8) is 0 Å². The predicted molar refractivity (Wildman–Crippen MR) is 80.0 cm³/mol. The molecular formula is C16H11N2O5-. The molecule has 23 heavy (non-hydrogen) atoms. The largest absolute Gasteiger partial charge is 0.543 e. The van der Waals surface area contributed by atoms with Gasteiger partial charge in [0.25, 0.3) is 11.6 Å². The van der Waals surface area contributed by atoms with Crippen molar-refractivity contribution in [2.45, 2.75) is 0 Å². The van der Waals surface area contributed by atoms with Crippen molar-refractivity contribution in [1.82, 2.24) is 5.32 Å². The number of rotatable bonds is 5. The molecule has 0 fully saturated rings. The van der Waals surface area contributed by atoms with Gasteiger partial charge < -0.3 is 15.2 Å². The maximum Gasteiger partial charge on any atom is 0.269 e. The minimum absolute atomic E-state index is 0.0933. The van der Waals surface area contributed by atoms with E-state index < -0.39 is 22.5 Å². The van der Waals surface area contributed by atoms with Gasteiger partial charge >= 0.3 is 0 Å². The van der Waals surface area contributed by atoms with Crippen LogP contribution in [0.4, 0.5) is 5.69 Å². The number of hydrogen-bond acceptors (Lipinski definition) is 5. The molecule has 0 spiro atoms. The number of non-ortho nitro benzene ring substituents is 1. The van der Waals surface area contributed by atoms with Gasteiger partial charge in [0.2, 0.25) is 0 Å². The minimum atomic E-state index is -1.54. The lowest BCUT2D eigenvalue weighted by atomic mass is 10.1. The van der Waals surface area contributed by atoms with E-state index in [2.05, 4.69) is 5.32 Å². The third-order valence-corrected chi connectivity index (χ3v) is 2.92. The summed E-state index contributed by atoms with van der Waals surface area (Å²) < 4.78 is 0. The van der Waals surface area contributed by atoms with Crippen LogP contribution in [0.1, 0.15) is 15.9 Å². The average molecular weight is 311 g/mol. The van der Waals surface area contributed by atoms with Crippen LogP contribution in [0, 0.1) is 10.1 Å². The minimum Gasteiger partial charge on any atom is -0.543 e. The van der Waals surface area contributed by atoms with Gasteiger partial charge in [0, 0.05) is 17.7 Å². The van der Waals surface area contributed by atoms with Crippen molar-refractivity contribution in [3.8, 4) is 0 Å². The smallest absolute Gasteiger partial charge is 0.269 e. The molecule has 0 radical (unpaired) electrons. The highest BCUT2D eigenvalue weighted by Crippen LogP contribution is 2.12. The van der Waals surface area contributed by atoms with Crippen molar-refractivity contribution in [2.24, 2.45) is 0 Å². The molecular weight excluding hydrogens is 300 g/mol. The highest BCUT2D eigenvalue weighted by atomic mass is 16.6. The molecule has 2 rings (SSSR count). The Balaban J connectivity index is 2.20. The number of nitrogens with zero attached hydrogens (tertiary/aromatic N) is 1. The molecule has 116 valence electrons. The van der Waals surface area contributed by atoms with Crippen LogP contribution in [0.2, 0.25) is 0 Å². The molecule has 7 heteroatoms. The molecule has 0 aliphatic heterocycles. The summed E-state index contributed by atoms with van der Waals surface area (Å²) >= 11 is 0. The summed E-state index contributed by atoms with van der Waals surface area (Å²) in [7, 11) is 0. The second-order valence-corrected chi connectivity index (χ2v) is 4.51. The Hall–Kier alpha value is -3.48. The molecule has 0 saturated carbocycles. The van der Waals surface area contributed by atoms with Crippen LogP contribution in [-0.2, 0) is 4.79 Å². The molecule has 0 atom stereocenters. The van der Waals surface area contributed by atoms with Gasteiger partial charge in [-0.05, 0) is 23.8 Å². The highest BCUT2D eigenvalue weighted by molar-refractivity contribution is 6.02. The van der Waals surface area contributed by atoms with Crippen LogP contribution in [0.5, 0.6) is 0 Å². The molecule has 1 N–H and O–H groups in total. The zero-order valence-electron chi connectivity index (χ0n) is 11.8. The first-order chi connectivity index (χ1) is 11.0. The van der Waals surface area contributed by atoms with Gasteiger partial charge in [-0.15, -0.1) is 0 Å². The fourth-order valence-corrected chi connectivity index (χ4v) is 1.79. The number of hydrogen-bond donors (Lipinski definition) is 1. The Kier molecular flexibility index (Phi) is 4.83. The van der Waals surface area contributed by atoms with Crippen molar-refractivity contribution in [2.75, 3.05) is 0 Å². The van der Waals surface area contributed by atoms with E-state index in [1.807, 2.05) is 0 Å². The van der Waals surface area contributed by atoms with Crippen LogP contribution >= 0.6 is 0 Å². The lowest BCUT2D eigenvalue weighted by Crippen LogP contribution is -2.35. The number of carboxylic acids is 1. The van der Waals surface area contributed by atoms with Crippen LogP contribution in [0.15, 0.2) is 60.3 Å². The summed E-state index contributed by atoms with van der Waals surface area (Å²) in [5.41, 5.74) is 0.104. The van der Waals surface area contributed by atoms with Gasteiger partial charge in [-0.3, -0.25) is 14.9 Å². The second-order valence-electron chi connectivity index (χ2n) is 4.51. The topological polar surface area (TPSA) is 112 Å². The van der Waals surface area contributed by atoms with Gasteiger partial charge in [-0.25, -0.2) is 0 Å². The normalized spacial score (nSPS) is 10.9. The van der Waals surface area contributed by atoms with Crippen molar-refractivity contribution in [3.05, 3.63) is 81.5 Å². The maximum atomic E-state index is 12.0. The van der Waals surface area contributed by atoms with Crippen LogP contribution in [0.3, 0.4) is 0 Å². The van der Waals surface area contributed by atoms with E-state index in [4.69, 9.17) is 0 Å². The Morgan fingerprint density at radius 2 is 1.61 bits per heavy atom. The number of nitro benzene ring substituents is 1. The first kappa shape index (κ1) is 15.9. The third kappa shape index (κ3) is 4.24. The Morgan fingerprint density at radius 1 is 1.00 bits per heavy atom. The monoisotopic (exact) mass is 311 g/mol. The van der Waals surface area contributed by atoms with Crippen molar-refractivity contribution < 1.29 is 19.6 Å². The van der Waals surface area contributed by atoms with Crippen LogP contribution in [0.25, 0.3) is 6.08 Å². The van der Waals surface area contributed by atoms with Crippen LogP contribution in [-0.4, -0.2) is 16.8 Å². The molecule has 7 nitrogen and oxygen atoms in total. The van der Waals surface area contributed by atoms with Gasteiger partial charge in [-0.2, -0.15) is 0 Å². The molecule has 0 aliphatic carbocycles. The number of carboxylic acid groups (broad SMARTS) is 1. The Morgan fingerprint density at radius 3 is 2.13 bits per heavy atom. The number of aliphatic carboxylic acids is 1. The number of carbonyl (C=O) groups is 2. The molecule has 2 aromatic carbocycles.